The molecule has 0 aliphatic carbocycles. The number of aliphatic hydroxyl groups is 1. The molecule has 0 aromatic heterocycles. The summed E-state index contributed by atoms with van der Waals surface area (Å²) in [7, 11) is -9.92. The molecule has 636 valence electrons. The van der Waals surface area contributed by atoms with Crippen molar-refractivity contribution in [2.75, 3.05) is 39.6 Å². The second kappa shape index (κ2) is 80.7. The molecule has 0 saturated carbocycles. The van der Waals surface area contributed by atoms with E-state index in [0.717, 1.165) is 109 Å². The fourth-order valence-electron chi connectivity index (χ4n) is 13.8. The van der Waals surface area contributed by atoms with E-state index in [-0.39, 0.29) is 25.7 Å². The number of rotatable bonds is 88. The Hall–Kier alpha value is -1.94. The molecule has 0 aromatic carbocycles. The second-order valence-electron chi connectivity index (χ2n) is 31.9. The summed E-state index contributed by atoms with van der Waals surface area (Å²) < 4.78 is 68.8. The minimum absolute atomic E-state index is 0.109. The van der Waals surface area contributed by atoms with Crippen LogP contribution in [0.2, 0.25) is 0 Å². The highest BCUT2D eigenvalue weighted by atomic mass is 31.2. The molecule has 0 radical (unpaired) electrons. The van der Waals surface area contributed by atoms with Crippen molar-refractivity contribution < 1.29 is 80.2 Å². The van der Waals surface area contributed by atoms with Gasteiger partial charge in [0.05, 0.1) is 26.4 Å². The van der Waals surface area contributed by atoms with Crippen LogP contribution in [-0.2, 0) is 65.4 Å². The predicted molar refractivity (Wildman–Crippen MR) is 442 cm³/mol. The van der Waals surface area contributed by atoms with Crippen LogP contribution in [0.25, 0.3) is 0 Å². The van der Waals surface area contributed by atoms with Gasteiger partial charge in [0.2, 0.25) is 0 Å². The van der Waals surface area contributed by atoms with Gasteiger partial charge in [0, 0.05) is 25.7 Å². The number of phosphoric acid groups is 2. The molecule has 0 aliphatic rings. The average molecular weight is 1560 g/mol. The Morgan fingerprint density at radius 1 is 0.262 bits per heavy atom. The lowest BCUT2D eigenvalue weighted by molar-refractivity contribution is -0.161. The third-order valence-electron chi connectivity index (χ3n) is 21.1. The highest BCUT2D eigenvalue weighted by Gasteiger charge is 2.30. The van der Waals surface area contributed by atoms with E-state index in [1.165, 1.54) is 289 Å². The van der Waals surface area contributed by atoms with Crippen LogP contribution in [0.15, 0.2) is 0 Å². The lowest BCUT2D eigenvalue weighted by Gasteiger charge is -2.21. The molecule has 0 aromatic rings. The third-order valence-corrected chi connectivity index (χ3v) is 23.0. The maximum absolute atomic E-state index is 13.2. The minimum atomic E-state index is -4.97. The molecule has 0 rings (SSSR count). The van der Waals surface area contributed by atoms with Gasteiger partial charge < -0.3 is 33.8 Å². The van der Waals surface area contributed by atoms with Crippen molar-refractivity contribution in [3.05, 3.63) is 0 Å². The summed E-state index contributed by atoms with van der Waals surface area (Å²) >= 11 is 0. The first-order valence-corrected chi connectivity index (χ1v) is 48.7. The highest BCUT2D eigenvalue weighted by molar-refractivity contribution is 7.47. The number of carbonyl (C=O) groups is 4. The molecular weight excluding hydrogens is 1390 g/mol. The molecule has 6 atom stereocenters. The summed E-state index contributed by atoms with van der Waals surface area (Å²) in [4.78, 5) is 73.1. The predicted octanol–water partition coefficient (Wildman–Crippen LogP) is 27.2. The van der Waals surface area contributed by atoms with Gasteiger partial charge in [-0.05, 0) is 31.6 Å². The van der Waals surface area contributed by atoms with E-state index in [4.69, 9.17) is 37.0 Å². The molecule has 0 bridgehead atoms. The van der Waals surface area contributed by atoms with Crippen molar-refractivity contribution >= 4 is 39.5 Å². The van der Waals surface area contributed by atoms with E-state index in [1.54, 1.807) is 0 Å². The van der Waals surface area contributed by atoms with Crippen molar-refractivity contribution in [1.82, 2.24) is 0 Å². The molecule has 107 heavy (non-hydrogen) atoms. The lowest BCUT2D eigenvalue weighted by Crippen LogP contribution is -2.30. The first-order valence-electron chi connectivity index (χ1n) is 45.7. The Bertz CT molecular complexity index is 2030. The summed E-state index contributed by atoms with van der Waals surface area (Å²) in [5, 5.41) is 10.7. The van der Waals surface area contributed by atoms with Gasteiger partial charge in [-0.2, -0.15) is 0 Å². The number of aliphatic hydroxyl groups excluding tert-OH is 1. The summed E-state index contributed by atoms with van der Waals surface area (Å²) in [6, 6.07) is 0. The van der Waals surface area contributed by atoms with Crippen LogP contribution in [0.3, 0.4) is 0 Å². The number of hydrogen-bond acceptors (Lipinski definition) is 15. The van der Waals surface area contributed by atoms with Gasteiger partial charge in [0.1, 0.15) is 19.3 Å². The summed E-state index contributed by atoms with van der Waals surface area (Å²) in [6.45, 7) is 7.40. The highest BCUT2D eigenvalue weighted by Crippen LogP contribution is 2.45. The molecular formula is C88H172O17P2. The second-order valence-corrected chi connectivity index (χ2v) is 34.8. The van der Waals surface area contributed by atoms with E-state index in [2.05, 4.69) is 34.6 Å². The van der Waals surface area contributed by atoms with Crippen molar-refractivity contribution in [1.29, 1.82) is 0 Å². The topological polar surface area (TPSA) is 237 Å². The van der Waals surface area contributed by atoms with Gasteiger partial charge in [-0.1, -0.05) is 426 Å². The number of carbonyl (C=O) groups excluding carboxylic acids is 4. The molecule has 3 N–H and O–H groups in total. The van der Waals surface area contributed by atoms with E-state index in [1.807, 2.05) is 0 Å². The Kier molecular flexibility index (Phi) is 79.2. The molecule has 0 fully saturated rings. The first kappa shape index (κ1) is 105. The zero-order valence-corrected chi connectivity index (χ0v) is 72.1. The molecule has 0 aliphatic heterocycles. The molecule has 0 spiro atoms. The number of hydrogen-bond donors (Lipinski definition) is 3. The molecule has 19 heteroatoms. The van der Waals surface area contributed by atoms with Crippen LogP contribution in [0.5, 0.6) is 0 Å². The van der Waals surface area contributed by atoms with Crippen molar-refractivity contribution in [3.8, 4) is 0 Å². The zero-order chi connectivity index (χ0) is 78.3. The first-order chi connectivity index (χ1) is 52.1. The molecule has 0 heterocycles. The fraction of sp³-hybridized carbons (Fsp3) is 0.955. The summed E-state index contributed by atoms with van der Waals surface area (Å²) in [6.07, 6.45) is 75.3. The Morgan fingerprint density at radius 2 is 0.449 bits per heavy atom. The van der Waals surface area contributed by atoms with Crippen molar-refractivity contribution in [2.45, 2.75) is 496 Å². The van der Waals surface area contributed by atoms with Gasteiger partial charge in [-0.25, -0.2) is 9.13 Å². The van der Waals surface area contributed by atoms with Crippen LogP contribution in [0.4, 0.5) is 0 Å². The maximum atomic E-state index is 13.2. The van der Waals surface area contributed by atoms with Gasteiger partial charge >= 0.3 is 39.5 Å². The average Bonchev–Trinajstić information content (AvgIpc) is 0.902. The third kappa shape index (κ3) is 80.5. The summed E-state index contributed by atoms with van der Waals surface area (Å²) in [5.74, 6) is -1.23. The van der Waals surface area contributed by atoms with Crippen LogP contribution >= 0.6 is 15.6 Å². The molecule has 0 saturated heterocycles. The van der Waals surface area contributed by atoms with Gasteiger partial charge in [0.25, 0.3) is 0 Å². The Balaban J connectivity index is 5.15. The largest absolute Gasteiger partial charge is 0.472 e. The number of esters is 4. The van der Waals surface area contributed by atoms with Crippen LogP contribution in [0.1, 0.15) is 478 Å². The molecule has 0 amide bonds. The SMILES string of the molecule is CCCCCCCCCCCCCCCCCCCCCCCC(=O)OC[C@H](COP(=O)(O)OC[C@@H](O)COP(=O)(O)OC[C@@H](COC(=O)CCCCCCCCC)OC(=O)CCCCCCCCCCCCCCCCCCC)OC(=O)CCCCCCCCCCCCCCCCCCCCC(C)CC. The number of phosphoric ester groups is 2. The zero-order valence-electron chi connectivity index (χ0n) is 70.3. The lowest BCUT2D eigenvalue weighted by atomic mass is 9.99. The minimum Gasteiger partial charge on any atom is -0.462 e. The van der Waals surface area contributed by atoms with Gasteiger partial charge in [0.15, 0.2) is 12.2 Å². The van der Waals surface area contributed by atoms with E-state index in [0.29, 0.717) is 25.7 Å². The smallest absolute Gasteiger partial charge is 0.462 e. The number of ether oxygens (including phenoxy) is 4. The van der Waals surface area contributed by atoms with Crippen LogP contribution in [-0.4, -0.2) is 96.7 Å². The van der Waals surface area contributed by atoms with E-state index < -0.39 is 97.5 Å². The van der Waals surface area contributed by atoms with E-state index in [9.17, 15) is 43.2 Å². The van der Waals surface area contributed by atoms with Crippen LogP contribution in [0, 0.1) is 5.92 Å². The molecule has 17 nitrogen and oxygen atoms in total. The standard InChI is InChI=1S/C88H172O17P2/c1-6-10-13-16-19-21-23-25-27-29-30-31-32-37-40-44-48-52-57-62-67-72-86(91)99-78-84(105-88(93)74-69-64-59-54-50-46-42-38-34-33-36-39-43-47-51-56-60-65-70-81(5)9-4)80-103-107(96,97)101-76-82(89)75-100-106(94,95)102-79-83(77-98-85(90)71-66-61-55-18-15-12-8-3)104-87(92)73-68-63-58-53-49-45-41-35-28-26-24-22-20-17-14-11-7-2/h81-84,89H,6-80H2,1-5H3,(H,94,95)(H,96,97)/t81?,82-,83+,84+/m0/s1. The normalized spacial score (nSPS) is 14.0. The van der Waals surface area contributed by atoms with Gasteiger partial charge in [-0.3, -0.25) is 37.3 Å². The Labute approximate surface area is 658 Å². The monoisotopic (exact) mass is 1560 g/mol. The maximum Gasteiger partial charge on any atom is 0.472 e. The van der Waals surface area contributed by atoms with Crippen molar-refractivity contribution in [3.63, 3.8) is 0 Å². The van der Waals surface area contributed by atoms with Crippen LogP contribution < -0.4 is 0 Å². The molecule has 3 unspecified atom stereocenters. The Morgan fingerprint density at radius 3 is 0.664 bits per heavy atom. The quantitative estimate of drug-likeness (QED) is 0.0222. The number of unbranched alkanes of at least 4 members (excludes halogenated alkanes) is 59. The fourth-order valence-corrected chi connectivity index (χ4v) is 15.4. The summed E-state index contributed by atoms with van der Waals surface area (Å²) in [5.41, 5.74) is 0. The van der Waals surface area contributed by atoms with E-state index >= 15 is 0 Å². The van der Waals surface area contributed by atoms with Gasteiger partial charge in [-0.15, -0.1) is 0 Å². The van der Waals surface area contributed by atoms with Crippen molar-refractivity contribution in [2.24, 2.45) is 5.92 Å².